The van der Waals surface area contributed by atoms with Crippen LogP contribution in [-0.4, -0.2) is 43.0 Å². The highest BCUT2D eigenvalue weighted by Crippen LogP contribution is 2.23. The lowest BCUT2D eigenvalue weighted by molar-refractivity contribution is 0.366. The minimum absolute atomic E-state index is 0.414. The molecule has 0 bridgehead atoms. The van der Waals surface area contributed by atoms with Crippen molar-refractivity contribution in [1.29, 1.82) is 0 Å². The van der Waals surface area contributed by atoms with E-state index in [1.54, 1.807) is 17.2 Å². The van der Waals surface area contributed by atoms with Crippen molar-refractivity contribution < 1.29 is 4.52 Å². The van der Waals surface area contributed by atoms with Crippen LogP contribution in [0.3, 0.4) is 0 Å². The molecule has 1 fully saturated rings. The van der Waals surface area contributed by atoms with Crippen molar-refractivity contribution in [3.63, 3.8) is 0 Å². The molecule has 0 saturated carbocycles. The molecule has 23 heavy (non-hydrogen) atoms. The molecule has 0 radical (unpaired) electrons. The topological polar surface area (TPSA) is 85.8 Å². The normalized spacial score (nSPS) is 15.0. The lowest BCUT2D eigenvalue weighted by Gasteiger charge is -2.27. The Labute approximate surface area is 133 Å². The number of hydrogen-bond acceptors (Lipinski definition) is 7. The summed E-state index contributed by atoms with van der Waals surface area (Å²) in [4.78, 5) is 15.1. The number of pyridine rings is 1. The predicted molar refractivity (Wildman–Crippen MR) is 82.7 cm³/mol. The third-order valence-corrected chi connectivity index (χ3v) is 3.92. The zero-order valence-corrected chi connectivity index (χ0v) is 12.7. The molecule has 1 saturated heterocycles. The average Bonchev–Trinajstić information content (AvgIpc) is 3.28. The quantitative estimate of drug-likeness (QED) is 0.725. The van der Waals surface area contributed by atoms with E-state index in [4.69, 9.17) is 4.52 Å². The standard InChI is InChI=1S/C15H17N7O/c1-2-6-21(7-3-1)13-8-12(4-5-17-13)15-19-14(23-20-15)9-22-11-16-10-18-22/h4-5,8,10-11H,1-3,6-7,9H2. The molecule has 3 aromatic rings. The molecule has 0 N–H and O–H groups in total. The number of anilines is 1. The zero-order chi connectivity index (χ0) is 15.5. The molecule has 8 heteroatoms. The molecule has 4 rings (SSSR count). The second-order valence-corrected chi connectivity index (χ2v) is 5.56. The van der Waals surface area contributed by atoms with Crippen LogP contribution in [0.25, 0.3) is 11.4 Å². The van der Waals surface area contributed by atoms with Crippen LogP contribution in [0.15, 0.2) is 35.5 Å². The van der Waals surface area contributed by atoms with Gasteiger partial charge in [-0.05, 0) is 31.4 Å². The highest BCUT2D eigenvalue weighted by Gasteiger charge is 2.15. The minimum Gasteiger partial charge on any atom is -0.357 e. The van der Waals surface area contributed by atoms with Crippen LogP contribution in [0.4, 0.5) is 5.82 Å². The van der Waals surface area contributed by atoms with Gasteiger partial charge in [0.25, 0.3) is 0 Å². The summed E-state index contributed by atoms with van der Waals surface area (Å²) in [5, 5.41) is 8.09. The first-order valence-corrected chi connectivity index (χ1v) is 7.75. The van der Waals surface area contributed by atoms with Gasteiger partial charge in [-0.2, -0.15) is 10.1 Å². The van der Waals surface area contributed by atoms with Gasteiger partial charge in [0.15, 0.2) is 0 Å². The van der Waals surface area contributed by atoms with Crippen LogP contribution in [0.5, 0.6) is 0 Å². The van der Waals surface area contributed by atoms with E-state index in [-0.39, 0.29) is 0 Å². The number of rotatable bonds is 4. The maximum Gasteiger partial charge on any atom is 0.248 e. The molecule has 0 unspecified atom stereocenters. The molecule has 4 heterocycles. The Balaban J connectivity index is 1.54. The van der Waals surface area contributed by atoms with Crippen LogP contribution in [0.2, 0.25) is 0 Å². The monoisotopic (exact) mass is 311 g/mol. The van der Waals surface area contributed by atoms with Crippen molar-refractivity contribution in [2.45, 2.75) is 25.8 Å². The second kappa shape index (κ2) is 6.15. The Morgan fingerprint density at radius 3 is 2.91 bits per heavy atom. The lowest BCUT2D eigenvalue weighted by Crippen LogP contribution is -2.30. The summed E-state index contributed by atoms with van der Waals surface area (Å²) in [6, 6.07) is 3.92. The molecule has 8 nitrogen and oxygen atoms in total. The first-order valence-electron chi connectivity index (χ1n) is 7.75. The maximum absolute atomic E-state index is 5.29. The van der Waals surface area contributed by atoms with Crippen molar-refractivity contribution >= 4 is 5.82 Å². The number of nitrogens with zero attached hydrogens (tertiary/aromatic N) is 7. The molecule has 0 aromatic carbocycles. The van der Waals surface area contributed by atoms with Gasteiger partial charge >= 0.3 is 0 Å². The summed E-state index contributed by atoms with van der Waals surface area (Å²) in [6.07, 6.45) is 8.63. The molecule has 0 amide bonds. The first-order chi connectivity index (χ1) is 11.4. The highest BCUT2D eigenvalue weighted by molar-refractivity contribution is 5.59. The SMILES string of the molecule is c1cc(-c2noc(Cn3cncn3)n2)cc(N2CCCCC2)n1. The Hall–Kier alpha value is -2.77. The Morgan fingerprint density at radius 2 is 2.09 bits per heavy atom. The van der Waals surface area contributed by atoms with Crippen LogP contribution < -0.4 is 4.90 Å². The summed E-state index contributed by atoms with van der Waals surface area (Å²) in [6.45, 7) is 2.53. The number of hydrogen-bond donors (Lipinski definition) is 0. The van der Waals surface area contributed by atoms with Crippen molar-refractivity contribution in [1.82, 2.24) is 29.9 Å². The largest absolute Gasteiger partial charge is 0.357 e. The first kappa shape index (κ1) is 13.9. The number of aromatic nitrogens is 6. The molecular formula is C15H17N7O. The van der Waals surface area contributed by atoms with Crippen LogP contribution in [-0.2, 0) is 6.54 Å². The molecule has 1 aliphatic heterocycles. The molecule has 0 aliphatic carbocycles. The fourth-order valence-corrected chi connectivity index (χ4v) is 2.74. The van der Waals surface area contributed by atoms with Gasteiger partial charge in [-0.3, -0.25) is 0 Å². The van der Waals surface area contributed by atoms with Gasteiger partial charge in [0.05, 0.1) is 0 Å². The van der Waals surface area contributed by atoms with E-state index in [0.29, 0.717) is 18.3 Å². The minimum atomic E-state index is 0.414. The van der Waals surface area contributed by atoms with Crippen LogP contribution in [0.1, 0.15) is 25.2 Å². The third kappa shape index (κ3) is 3.05. The van der Waals surface area contributed by atoms with E-state index < -0.39 is 0 Å². The summed E-state index contributed by atoms with van der Waals surface area (Å²) in [7, 11) is 0. The van der Waals surface area contributed by atoms with Crippen molar-refractivity contribution in [2.75, 3.05) is 18.0 Å². The fourth-order valence-electron chi connectivity index (χ4n) is 2.74. The summed E-state index contributed by atoms with van der Waals surface area (Å²) in [5.74, 6) is 2.05. The second-order valence-electron chi connectivity index (χ2n) is 5.56. The van der Waals surface area contributed by atoms with Gasteiger partial charge in [0.1, 0.15) is 25.0 Å². The van der Waals surface area contributed by atoms with E-state index in [2.05, 4.69) is 30.1 Å². The van der Waals surface area contributed by atoms with Crippen LogP contribution >= 0.6 is 0 Å². The van der Waals surface area contributed by atoms with Gasteiger partial charge in [-0.25, -0.2) is 14.6 Å². The Bertz CT molecular complexity index is 762. The van der Waals surface area contributed by atoms with E-state index in [9.17, 15) is 0 Å². The van der Waals surface area contributed by atoms with Gasteiger partial charge < -0.3 is 9.42 Å². The summed E-state index contributed by atoms with van der Waals surface area (Å²) < 4.78 is 6.94. The van der Waals surface area contributed by atoms with Crippen LogP contribution in [0, 0.1) is 0 Å². The molecule has 1 aliphatic rings. The Kier molecular flexibility index (Phi) is 3.71. The smallest absolute Gasteiger partial charge is 0.248 e. The van der Waals surface area contributed by atoms with Crippen molar-refractivity contribution in [3.8, 4) is 11.4 Å². The summed E-state index contributed by atoms with van der Waals surface area (Å²) in [5.41, 5.74) is 0.911. The predicted octanol–water partition coefficient (Wildman–Crippen LogP) is 1.76. The van der Waals surface area contributed by atoms with Gasteiger partial charge in [0.2, 0.25) is 11.7 Å². The lowest BCUT2D eigenvalue weighted by atomic mass is 10.1. The fraction of sp³-hybridized carbons (Fsp3) is 0.400. The molecule has 118 valence electrons. The molecule has 0 spiro atoms. The Morgan fingerprint density at radius 1 is 1.17 bits per heavy atom. The van der Waals surface area contributed by atoms with Gasteiger partial charge in [-0.15, -0.1) is 0 Å². The van der Waals surface area contributed by atoms with Gasteiger partial charge in [0, 0.05) is 24.8 Å². The number of piperidine rings is 1. The van der Waals surface area contributed by atoms with Gasteiger partial charge in [-0.1, -0.05) is 5.16 Å². The van der Waals surface area contributed by atoms with E-state index in [0.717, 1.165) is 24.5 Å². The van der Waals surface area contributed by atoms with Crippen molar-refractivity contribution in [3.05, 3.63) is 36.9 Å². The summed E-state index contributed by atoms with van der Waals surface area (Å²) >= 11 is 0. The van der Waals surface area contributed by atoms with E-state index in [1.807, 2.05) is 12.1 Å². The molecule has 0 atom stereocenters. The third-order valence-electron chi connectivity index (χ3n) is 3.92. The maximum atomic E-state index is 5.29. The van der Waals surface area contributed by atoms with Crippen molar-refractivity contribution in [2.24, 2.45) is 0 Å². The average molecular weight is 311 g/mol. The molecule has 3 aromatic heterocycles. The van der Waals surface area contributed by atoms with E-state index in [1.165, 1.54) is 25.6 Å². The highest BCUT2D eigenvalue weighted by atomic mass is 16.5. The molecular weight excluding hydrogens is 294 g/mol. The van der Waals surface area contributed by atoms with E-state index >= 15 is 0 Å². The zero-order valence-electron chi connectivity index (χ0n) is 12.7.